The summed E-state index contributed by atoms with van der Waals surface area (Å²) in [5.41, 5.74) is 5.29. The van der Waals surface area contributed by atoms with Gasteiger partial charge in [-0.1, -0.05) is 29.8 Å². The van der Waals surface area contributed by atoms with Gasteiger partial charge in [-0.05, 0) is 6.07 Å². The van der Waals surface area contributed by atoms with Gasteiger partial charge in [0.15, 0.2) is 0 Å². The maximum atomic E-state index is 6.18. The lowest BCUT2D eigenvalue weighted by Crippen LogP contribution is -3.11. The highest BCUT2D eigenvalue weighted by atomic mass is 35.5. The van der Waals surface area contributed by atoms with Gasteiger partial charge in [0, 0.05) is 29.3 Å². The highest BCUT2D eigenvalue weighted by Crippen LogP contribution is 2.14. The summed E-state index contributed by atoms with van der Waals surface area (Å²) in [6.45, 7) is 4.71. The molecule has 4 N–H and O–H groups in total. The minimum absolute atomic E-state index is 0.856. The van der Waals surface area contributed by atoms with Crippen molar-refractivity contribution in [3.63, 3.8) is 0 Å². The van der Waals surface area contributed by atoms with E-state index >= 15 is 0 Å². The van der Waals surface area contributed by atoms with E-state index in [-0.39, 0.29) is 0 Å². The monoisotopic (exact) mass is 240 g/mol. The summed E-state index contributed by atoms with van der Waals surface area (Å²) in [5.74, 6) is 0.856. The Hall–Kier alpha value is -0.570. The zero-order valence-corrected chi connectivity index (χ0v) is 10.5. The van der Waals surface area contributed by atoms with Gasteiger partial charge in [-0.15, -0.1) is 0 Å². The zero-order valence-electron chi connectivity index (χ0n) is 9.71. The molecule has 1 aliphatic rings. The topological polar surface area (TPSA) is 32.1 Å². The van der Waals surface area contributed by atoms with E-state index in [2.05, 4.69) is 17.9 Å². The van der Waals surface area contributed by atoms with Gasteiger partial charge < -0.3 is 10.6 Å². The van der Waals surface area contributed by atoms with E-state index in [9.17, 15) is 0 Å². The Kier molecular flexibility index (Phi) is 4.22. The molecule has 1 heterocycles. The first-order chi connectivity index (χ1) is 7.79. The van der Waals surface area contributed by atoms with Crippen molar-refractivity contribution < 1.29 is 10.6 Å². The minimum atomic E-state index is 0.856. The van der Waals surface area contributed by atoms with E-state index in [4.69, 9.17) is 11.6 Å². The molecule has 1 aromatic carbocycles. The average molecular weight is 241 g/mol. The highest BCUT2D eigenvalue weighted by molar-refractivity contribution is 6.31. The summed E-state index contributed by atoms with van der Waals surface area (Å²) in [5, 5.41) is 0.911. The molecule has 1 aromatic rings. The van der Waals surface area contributed by atoms with Gasteiger partial charge in [0.25, 0.3) is 0 Å². The molecule has 1 aliphatic heterocycles. The third-order valence-corrected chi connectivity index (χ3v) is 3.99. The first-order valence-corrected chi connectivity index (χ1v) is 6.53. The molecule has 0 bridgehead atoms. The van der Waals surface area contributed by atoms with Crippen LogP contribution in [0.1, 0.15) is 18.4 Å². The molecule has 0 radical (unpaired) electrons. The molecule has 0 unspecified atom stereocenters. The van der Waals surface area contributed by atoms with Crippen LogP contribution in [-0.2, 0) is 6.54 Å². The van der Waals surface area contributed by atoms with E-state index in [1.807, 2.05) is 12.1 Å². The van der Waals surface area contributed by atoms with Crippen LogP contribution in [0.3, 0.4) is 0 Å². The van der Waals surface area contributed by atoms with E-state index in [1.54, 1.807) is 4.90 Å². The van der Waals surface area contributed by atoms with Crippen molar-refractivity contribution in [1.29, 1.82) is 0 Å². The molecule has 2 rings (SSSR count). The second-order valence-corrected chi connectivity index (χ2v) is 5.16. The van der Waals surface area contributed by atoms with Crippen molar-refractivity contribution >= 4 is 11.6 Å². The molecule has 2 nitrogen and oxygen atoms in total. The minimum Gasteiger partial charge on any atom is -0.357 e. The van der Waals surface area contributed by atoms with Gasteiger partial charge in [-0.2, -0.15) is 0 Å². The van der Waals surface area contributed by atoms with Crippen molar-refractivity contribution in [2.45, 2.75) is 19.4 Å². The van der Waals surface area contributed by atoms with Gasteiger partial charge in [-0.25, -0.2) is 0 Å². The fourth-order valence-corrected chi connectivity index (χ4v) is 2.66. The lowest BCUT2D eigenvalue weighted by atomic mass is 9.97. The predicted molar refractivity (Wildman–Crippen MR) is 66.3 cm³/mol. The third-order valence-electron chi connectivity index (χ3n) is 3.62. The van der Waals surface area contributed by atoms with Gasteiger partial charge in [-0.3, -0.25) is 0 Å². The number of likely N-dealkylation sites (tertiary alicyclic amines) is 1. The fourth-order valence-electron chi connectivity index (χ4n) is 2.46. The van der Waals surface area contributed by atoms with Gasteiger partial charge in [0.2, 0.25) is 0 Å². The van der Waals surface area contributed by atoms with Gasteiger partial charge in [0.1, 0.15) is 6.54 Å². The van der Waals surface area contributed by atoms with Crippen LogP contribution in [0.2, 0.25) is 5.02 Å². The van der Waals surface area contributed by atoms with E-state index in [0.29, 0.717) is 0 Å². The first-order valence-electron chi connectivity index (χ1n) is 6.16. The maximum absolute atomic E-state index is 6.18. The van der Waals surface area contributed by atoms with Gasteiger partial charge >= 0.3 is 0 Å². The van der Waals surface area contributed by atoms with Crippen molar-refractivity contribution in [1.82, 2.24) is 0 Å². The first kappa shape index (κ1) is 11.9. The molecule has 16 heavy (non-hydrogen) atoms. The average Bonchev–Trinajstić information content (AvgIpc) is 2.33. The van der Waals surface area contributed by atoms with Crippen molar-refractivity contribution in [3.05, 3.63) is 34.9 Å². The van der Waals surface area contributed by atoms with Crippen molar-refractivity contribution in [3.8, 4) is 0 Å². The Balaban J connectivity index is 1.89. The fraction of sp³-hybridized carbons (Fsp3) is 0.538. The Morgan fingerprint density at radius 2 is 1.94 bits per heavy atom. The summed E-state index contributed by atoms with van der Waals surface area (Å²) in [6, 6.07) is 8.20. The number of quaternary nitrogens is 2. The number of nitrogens with one attached hydrogen (secondary N) is 1. The molecule has 0 aromatic heterocycles. The second-order valence-electron chi connectivity index (χ2n) is 4.75. The quantitative estimate of drug-likeness (QED) is 0.766. The summed E-state index contributed by atoms with van der Waals surface area (Å²) >= 11 is 6.18. The summed E-state index contributed by atoms with van der Waals surface area (Å²) in [6.07, 6.45) is 2.65. The second kappa shape index (κ2) is 5.67. The van der Waals surface area contributed by atoms with Crippen LogP contribution in [0.15, 0.2) is 24.3 Å². The smallest absolute Gasteiger partial charge is 0.104 e. The Bertz CT molecular complexity index is 332. The molecule has 3 heteroatoms. The molecule has 0 amide bonds. The molecule has 1 fully saturated rings. The normalized spacial score (nSPS) is 25.6. The lowest BCUT2D eigenvalue weighted by Gasteiger charge is -2.27. The molecule has 88 valence electrons. The van der Waals surface area contributed by atoms with Crippen LogP contribution < -0.4 is 10.6 Å². The van der Waals surface area contributed by atoms with Crippen LogP contribution in [0.4, 0.5) is 0 Å². The molecular formula is C13H21ClN2+2. The Labute approximate surface area is 102 Å². The Morgan fingerprint density at radius 1 is 1.25 bits per heavy atom. The van der Waals surface area contributed by atoms with Crippen molar-refractivity contribution in [2.75, 3.05) is 19.6 Å². The van der Waals surface area contributed by atoms with Gasteiger partial charge in [0.05, 0.1) is 19.6 Å². The summed E-state index contributed by atoms with van der Waals surface area (Å²) in [7, 11) is 0. The number of piperidine rings is 1. The van der Waals surface area contributed by atoms with Crippen LogP contribution >= 0.6 is 11.6 Å². The van der Waals surface area contributed by atoms with Crippen LogP contribution in [0.5, 0.6) is 0 Å². The van der Waals surface area contributed by atoms with Crippen LogP contribution in [0, 0.1) is 5.92 Å². The molecular weight excluding hydrogens is 220 g/mol. The number of benzene rings is 1. The molecule has 0 spiro atoms. The SMILES string of the molecule is [NH3+]CC1CC[NH+](Cc2ccccc2Cl)CC1. The molecule has 1 saturated heterocycles. The number of hydrogen-bond donors (Lipinski definition) is 2. The standard InChI is InChI=1S/C13H19ClN2/c14-13-4-2-1-3-12(13)10-16-7-5-11(9-15)6-8-16/h1-4,11H,5-10,15H2/p+2. The van der Waals surface area contributed by atoms with E-state index in [1.165, 1.54) is 31.5 Å². The van der Waals surface area contributed by atoms with E-state index in [0.717, 1.165) is 24.0 Å². The predicted octanol–water partition coefficient (Wildman–Crippen LogP) is 0.377. The number of hydrogen-bond acceptors (Lipinski definition) is 0. The highest BCUT2D eigenvalue weighted by Gasteiger charge is 2.22. The largest absolute Gasteiger partial charge is 0.357 e. The van der Waals surface area contributed by atoms with Crippen molar-refractivity contribution in [2.24, 2.45) is 5.92 Å². The zero-order chi connectivity index (χ0) is 11.4. The van der Waals surface area contributed by atoms with Crippen LogP contribution in [0.25, 0.3) is 0 Å². The lowest BCUT2D eigenvalue weighted by molar-refractivity contribution is -0.920. The number of halogens is 1. The van der Waals surface area contributed by atoms with Crippen LogP contribution in [-0.4, -0.2) is 19.6 Å². The summed E-state index contributed by atoms with van der Waals surface area (Å²) < 4.78 is 0. The molecule has 0 saturated carbocycles. The third kappa shape index (κ3) is 2.97. The molecule has 0 aliphatic carbocycles. The summed E-state index contributed by atoms with van der Waals surface area (Å²) in [4.78, 5) is 1.66. The maximum Gasteiger partial charge on any atom is 0.104 e. The number of rotatable bonds is 3. The Morgan fingerprint density at radius 3 is 2.56 bits per heavy atom. The molecule has 0 atom stereocenters. The van der Waals surface area contributed by atoms with E-state index < -0.39 is 0 Å².